The van der Waals surface area contributed by atoms with Crippen molar-refractivity contribution in [1.29, 1.82) is 0 Å². The van der Waals surface area contributed by atoms with Gasteiger partial charge in [-0.25, -0.2) is 4.98 Å². The first-order chi connectivity index (χ1) is 13.8. The normalized spacial score (nSPS) is 21.1. The molecule has 2 aromatic rings. The molecule has 1 aromatic carbocycles. The molecular weight excluding hydrogens is 352 g/mol. The summed E-state index contributed by atoms with van der Waals surface area (Å²) in [5.74, 6) is 1.09. The minimum Gasteiger partial charge on any atom is -0.378 e. The van der Waals surface area contributed by atoms with Crippen LogP contribution in [0.5, 0.6) is 0 Å². The second-order valence-electron chi connectivity index (χ2n) is 7.76. The fourth-order valence-electron chi connectivity index (χ4n) is 4.42. The minimum atomic E-state index is -0.152. The third kappa shape index (κ3) is 4.62. The fraction of sp³-hybridized carbons (Fsp3) is 0.545. The van der Waals surface area contributed by atoms with Crippen molar-refractivity contribution in [2.45, 2.75) is 50.7 Å². The van der Waals surface area contributed by atoms with Crippen molar-refractivity contribution in [3.05, 3.63) is 54.1 Å². The predicted octanol–water partition coefficient (Wildman–Crippen LogP) is 2.23. The molecule has 2 heterocycles. The molecule has 1 saturated carbocycles. The summed E-state index contributed by atoms with van der Waals surface area (Å²) in [6.07, 6.45) is 9.53. The van der Waals surface area contributed by atoms with Gasteiger partial charge in [0, 0.05) is 44.5 Å². The average Bonchev–Trinajstić information content (AvgIpc) is 3.41. The minimum absolute atomic E-state index is 0.0905. The number of hydrogen-bond donors (Lipinski definition) is 1. The molecule has 1 aliphatic heterocycles. The van der Waals surface area contributed by atoms with Crippen LogP contribution in [0.3, 0.4) is 0 Å². The number of hydrogen-bond acceptors (Lipinski definition) is 4. The summed E-state index contributed by atoms with van der Waals surface area (Å²) < 4.78 is 7.76. The molecule has 1 aliphatic carbocycles. The zero-order valence-electron chi connectivity index (χ0n) is 16.4. The molecule has 1 N–H and O–H groups in total. The van der Waals surface area contributed by atoms with Gasteiger partial charge in [0.25, 0.3) is 0 Å². The van der Waals surface area contributed by atoms with Crippen LogP contribution in [0.2, 0.25) is 0 Å². The zero-order valence-corrected chi connectivity index (χ0v) is 16.4. The summed E-state index contributed by atoms with van der Waals surface area (Å²) in [6, 6.07) is 10.8. The first kappa shape index (κ1) is 19.2. The van der Waals surface area contributed by atoms with Gasteiger partial charge in [-0.1, -0.05) is 43.2 Å². The second kappa shape index (κ2) is 9.34. The van der Waals surface area contributed by atoms with Crippen LogP contribution in [0, 0.1) is 0 Å². The van der Waals surface area contributed by atoms with Crippen molar-refractivity contribution in [2.75, 3.05) is 26.3 Å². The lowest BCUT2D eigenvalue weighted by Crippen LogP contribution is -2.56. The molecule has 0 spiro atoms. The number of carbonyl (C=O) groups is 1. The van der Waals surface area contributed by atoms with Gasteiger partial charge >= 0.3 is 0 Å². The van der Waals surface area contributed by atoms with Crippen LogP contribution in [0.1, 0.15) is 37.1 Å². The monoisotopic (exact) mass is 382 g/mol. The smallest absolute Gasteiger partial charge is 0.239 e. The van der Waals surface area contributed by atoms with E-state index in [1.54, 1.807) is 0 Å². The van der Waals surface area contributed by atoms with Crippen LogP contribution in [0.15, 0.2) is 42.7 Å². The number of aromatic nitrogens is 2. The largest absolute Gasteiger partial charge is 0.378 e. The van der Waals surface area contributed by atoms with Crippen LogP contribution in [-0.2, 0) is 22.5 Å². The first-order valence-electron chi connectivity index (χ1n) is 10.5. The Morgan fingerprint density at radius 3 is 2.86 bits per heavy atom. The van der Waals surface area contributed by atoms with E-state index in [4.69, 9.17) is 4.74 Å². The Bertz CT molecular complexity index is 755. The van der Waals surface area contributed by atoms with Crippen molar-refractivity contribution in [3.8, 4) is 0 Å². The van der Waals surface area contributed by atoms with Gasteiger partial charge in [0.05, 0.1) is 13.2 Å². The van der Waals surface area contributed by atoms with Crippen molar-refractivity contribution in [2.24, 2.45) is 0 Å². The number of amides is 1. The molecular formula is C22H30N4O2. The lowest BCUT2D eigenvalue weighted by atomic mass is 10.1. The molecule has 28 heavy (non-hydrogen) atoms. The van der Waals surface area contributed by atoms with E-state index in [1.807, 2.05) is 18.5 Å². The Kier molecular flexibility index (Phi) is 6.39. The van der Waals surface area contributed by atoms with Crippen LogP contribution in [0.25, 0.3) is 0 Å². The van der Waals surface area contributed by atoms with Gasteiger partial charge < -0.3 is 14.6 Å². The van der Waals surface area contributed by atoms with Crippen LogP contribution in [0.4, 0.5) is 0 Å². The molecule has 0 radical (unpaired) electrons. The molecule has 1 unspecified atom stereocenters. The lowest BCUT2D eigenvalue weighted by Gasteiger charge is -2.38. The van der Waals surface area contributed by atoms with Gasteiger partial charge in [0.1, 0.15) is 11.9 Å². The Labute approximate surface area is 166 Å². The van der Waals surface area contributed by atoms with Gasteiger partial charge in [-0.15, -0.1) is 0 Å². The van der Waals surface area contributed by atoms with Crippen LogP contribution >= 0.6 is 0 Å². The SMILES string of the molecule is O=C(NCCc1nccn1Cc1ccccc1)C1COCCN1C1CCCC1. The van der Waals surface area contributed by atoms with Crippen LogP contribution in [-0.4, -0.2) is 58.7 Å². The van der Waals surface area contributed by atoms with Crippen LogP contribution < -0.4 is 5.32 Å². The summed E-state index contributed by atoms with van der Waals surface area (Å²) >= 11 is 0. The van der Waals surface area contributed by atoms with E-state index in [2.05, 4.69) is 44.0 Å². The highest BCUT2D eigenvalue weighted by Crippen LogP contribution is 2.26. The molecule has 6 heteroatoms. The molecule has 1 saturated heterocycles. The maximum atomic E-state index is 12.8. The van der Waals surface area contributed by atoms with E-state index < -0.39 is 0 Å². The Morgan fingerprint density at radius 2 is 2.04 bits per heavy atom. The van der Waals surface area contributed by atoms with E-state index in [9.17, 15) is 4.79 Å². The Hall–Kier alpha value is -2.18. The van der Waals surface area contributed by atoms with E-state index in [0.29, 0.717) is 19.2 Å². The average molecular weight is 383 g/mol. The van der Waals surface area contributed by atoms with Gasteiger partial charge in [0.2, 0.25) is 5.91 Å². The van der Waals surface area contributed by atoms with E-state index >= 15 is 0 Å². The van der Waals surface area contributed by atoms with Crippen molar-refractivity contribution < 1.29 is 9.53 Å². The highest BCUT2D eigenvalue weighted by Gasteiger charge is 2.35. The van der Waals surface area contributed by atoms with Gasteiger partial charge in [-0.2, -0.15) is 0 Å². The summed E-state index contributed by atoms with van der Waals surface area (Å²) in [7, 11) is 0. The number of benzene rings is 1. The molecule has 1 aromatic heterocycles. The molecule has 150 valence electrons. The highest BCUT2D eigenvalue weighted by atomic mass is 16.5. The van der Waals surface area contributed by atoms with E-state index in [-0.39, 0.29) is 11.9 Å². The highest BCUT2D eigenvalue weighted by molar-refractivity contribution is 5.82. The Balaban J connectivity index is 1.30. The standard InChI is InChI=1S/C22H30N4O2/c27-22(20-17-28-15-14-26(20)19-8-4-5-9-19)24-11-10-21-23-12-13-25(21)16-18-6-2-1-3-7-18/h1-3,6-7,12-13,19-20H,4-5,8-11,14-17H2,(H,24,27). The van der Waals surface area contributed by atoms with E-state index in [1.165, 1.54) is 31.2 Å². The number of nitrogens with zero attached hydrogens (tertiary/aromatic N) is 3. The number of morpholine rings is 1. The topological polar surface area (TPSA) is 59.4 Å². The predicted molar refractivity (Wildman–Crippen MR) is 108 cm³/mol. The first-order valence-corrected chi connectivity index (χ1v) is 10.5. The molecule has 0 bridgehead atoms. The van der Waals surface area contributed by atoms with E-state index in [0.717, 1.165) is 31.9 Å². The Morgan fingerprint density at radius 1 is 1.21 bits per heavy atom. The zero-order chi connectivity index (χ0) is 19.2. The van der Waals surface area contributed by atoms with Gasteiger partial charge in [-0.05, 0) is 18.4 Å². The third-order valence-electron chi connectivity index (χ3n) is 5.91. The molecule has 2 aliphatic rings. The fourth-order valence-corrected chi connectivity index (χ4v) is 4.42. The second-order valence-corrected chi connectivity index (χ2v) is 7.76. The summed E-state index contributed by atoms with van der Waals surface area (Å²) in [5.41, 5.74) is 1.25. The molecule has 6 nitrogen and oxygen atoms in total. The molecule has 1 amide bonds. The summed E-state index contributed by atoms with van der Waals surface area (Å²) in [6.45, 7) is 3.50. The number of imidazole rings is 1. The number of ether oxygens (including phenoxy) is 1. The van der Waals surface area contributed by atoms with Crippen molar-refractivity contribution in [1.82, 2.24) is 19.8 Å². The van der Waals surface area contributed by atoms with Gasteiger partial charge in [-0.3, -0.25) is 9.69 Å². The lowest BCUT2D eigenvalue weighted by molar-refractivity contribution is -0.134. The number of rotatable bonds is 7. The maximum absolute atomic E-state index is 12.8. The maximum Gasteiger partial charge on any atom is 0.239 e. The number of carbonyl (C=O) groups excluding carboxylic acids is 1. The molecule has 4 rings (SSSR count). The summed E-state index contributed by atoms with van der Waals surface area (Å²) in [4.78, 5) is 19.7. The van der Waals surface area contributed by atoms with Gasteiger partial charge in [0.15, 0.2) is 0 Å². The quantitative estimate of drug-likeness (QED) is 0.798. The number of nitrogens with one attached hydrogen (secondary N) is 1. The molecule has 2 fully saturated rings. The molecule has 1 atom stereocenters. The summed E-state index contributed by atoms with van der Waals surface area (Å²) in [5, 5.41) is 3.12. The van der Waals surface area contributed by atoms with Crippen molar-refractivity contribution in [3.63, 3.8) is 0 Å². The van der Waals surface area contributed by atoms with Crippen molar-refractivity contribution >= 4 is 5.91 Å². The third-order valence-corrected chi connectivity index (χ3v) is 5.91.